The van der Waals surface area contributed by atoms with Crippen molar-refractivity contribution in [2.45, 2.75) is 11.3 Å². The fourth-order valence-electron chi connectivity index (χ4n) is 3.41. The molecule has 4 rings (SSSR count). The number of rotatable bonds is 4. The predicted octanol–water partition coefficient (Wildman–Crippen LogP) is 4.59. The van der Waals surface area contributed by atoms with Crippen molar-refractivity contribution in [1.29, 1.82) is 0 Å². The third-order valence-corrected chi connectivity index (χ3v) is 6.03. The van der Waals surface area contributed by atoms with E-state index in [0.717, 1.165) is 22.7 Å². The van der Waals surface area contributed by atoms with E-state index in [0.29, 0.717) is 16.6 Å². The topological polar surface area (TPSA) is 55.2 Å². The van der Waals surface area contributed by atoms with E-state index in [1.165, 1.54) is 16.8 Å². The van der Waals surface area contributed by atoms with E-state index in [4.69, 9.17) is 0 Å². The molecule has 1 aromatic heterocycles. The first-order chi connectivity index (χ1) is 13.7. The molecule has 8 heteroatoms. The van der Waals surface area contributed by atoms with E-state index < -0.39 is 16.3 Å². The molecule has 0 spiro atoms. The average molecular weight is 415 g/mol. The number of anilines is 1. The SMILES string of the molecule is CN(C)c1ccc2c(ccc3c(C(F)F)nn(-c4ccc(S(C)(=O)=O)cc4)c32)c1. The maximum Gasteiger partial charge on any atom is 0.282 e. The van der Waals surface area contributed by atoms with Crippen molar-refractivity contribution in [1.82, 2.24) is 9.78 Å². The van der Waals surface area contributed by atoms with E-state index >= 15 is 0 Å². The molecule has 0 aliphatic rings. The van der Waals surface area contributed by atoms with Gasteiger partial charge in [0.2, 0.25) is 0 Å². The molecule has 0 aliphatic heterocycles. The van der Waals surface area contributed by atoms with Gasteiger partial charge in [-0.3, -0.25) is 0 Å². The fourth-order valence-corrected chi connectivity index (χ4v) is 4.04. The Labute approximate surface area is 167 Å². The van der Waals surface area contributed by atoms with E-state index in [1.807, 2.05) is 43.3 Å². The molecule has 5 nitrogen and oxygen atoms in total. The van der Waals surface area contributed by atoms with Crippen LogP contribution in [0.1, 0.15) is 12.1 Å². The minimum Gasteiger partial charge on any atom is -0.378 e. The van der Waals surface area contributed by atoms with Crippen LogP contribution in [0.25, 0.3) is 27.4 Å². The lowest BCUT2D eigenvalue weighted by Crippen LogP contribution is -2.08. The number of nitrogens with zero attached hydrogens (tertiary/aromatic N) is 3. The van der Waals surface area contributed by atoms with Gasteiger partial charge >= 0.3 is 0 Å². The second-order valence-corrected chi connectivity index (χ2v) is 9.14. The summed E-state index contributed by atoms with van der Waals surface area (Å²) in [5, 5.41) is 6.23. The minimum absolute atomic E-state index is 0.160. The van der Waals surface area contributed by atoms with E-state index in [9.17, 15) is 17.2 Å². The van der Waals surface area contributed by atoms with Gasteiger partial charge in [-0.05, 0) is 41.8 Å². The molecule has 29 heavy (non-hydrogen) atoms. The smallest absolute Gasteiger partial charge is 0.282 e. The van der Waals surface area contributed by atoms with Crippen molar-refractivity contribution in [3.8, 4) is 5.69 Å². The summed E-state index contributed by atoms with van der Waals surface area (Å²) in [6, 6.07) is 15.3. The lowest BCUT2D eigenvalue weighted by molar-refractivity contribution is 0.147. The van der Waals surface area contributed by atoms with Gasteiger partial charge in [-0.25, -0.2) is 21.9 Å². The highest BCUT2D eigenvalue weighted by molar-refractivity contribution is 7.90. The Hall–Kier alpha value is -3.00. The molecule has 0 saturated heterocycles. The molecule has 150 valence electrons. The maximum absolute atomic E-state index is 13.7. The van der Waals surface area contributed by atoms with Crippen LogP contribution in [-0.2, 0) is 9.84 Å². The summed E-state index contributed by atoms with van der Waals surface area (Å²) >= 11 is 0. The molecular formula is C21H19F2N3O2S. The van der Waals surface area contributed by atoms with E-state index in [1.54, 1.807) is 18.2 Å². The summed E-state index contributed by atoms with van der Waals surface area (Å²) in [6.45, 7) is 0. The Morgan fingerprint density at radius 1 is 0.966 bits per heavy atom. The number of halogens is 2. The van der Waals surface area contributed by atoms with Crippen molar-refractivity contribution >= 4 is 37.2 Å². The van der Waals surface area contributed by atoms with Crippen LogP contribution < -0.4 is 4.90 Å². The van der Waals surface area contributed by atoms with Crippen molar-refractivity contribution in [3.05, 3.63) is 60.3 Å². The number of fused-ring (bicyclic) bond motifs is 3. The molecule has 0 fully saturated rings. The summed E-state index contributed by atoms with van der Waals surface area (Å²) < 4.78 is 52.2. The summed E-state index contributed by atoms with van der Waals surface area (Å²) in [5.74, 6) is 0. The van der Waals surface area contributed by atoms with Crippen LogP contribution in [-0.4, -0.2) is 38.5 Å². The third-order valence-electron chi connectivity index (χ3n) is 4.90. The molecule has 1 heterocycles. The van der Waals surface area contributed by atoms with Gasteiger partial charge in [0.15, 0.2) is 9.84 Å². The van der Waals surface area contributed by atoms with Gasteiger partial charge in [-0.15, -0.1) is 0 Å². The monoisotopic (exact) mass is 415 g/mol. The highest BCUT2D eigenvalue weighted by Crippen LogP contribution is 2.35. The Bertz CT molecular complexity index is 1330. The average Bonchev–Trinajstić information content (AvgIpc) is 3.07. The minimum atomic E-state index is -3.35. The van der Waals surface area contributed by atoms with Gasteiger partial charge in [0.25, 0.3) is 6.43 Å². The second-order valence-electron chi connectivity index (χ2n) is 7.13. The molecule has 0 aliphatic carbocycles. The molecule has 3 aromatic carbocycles. The Morgan fingerprint density at radius 3 is 2.21 bits per heavy atom. The maximum atomic E-state index is 13.7. The lowest BCUT2D eigenvalue weighted by Gasteiger charge is -2.14. The van der Waals surface area contributed by atoms with Gasteiger partial charge in [-0.1, -0.05) is 18.2 Å². The van der Waals surface area contributed by atoms with Crippen LogP contribution >= 0.6 is 0 Å². The van der Waals surface area contributed by atoms with Gasteiger partial charge in [-0.2, -0.15) is 5.10 Å². The molecule has 0 unspecified atom stereocenters. The zero-order chi connectivity index (χ0) is 20.9. The van der Waals surface area contributed by atoms with Gasteiger partial charge in [0.1, 0.15) is 5.69 Å². The largest absolute Gasteiger partial charge is 0.378 e. The third kappa shape index (κ3) is 3.33. The van der Waals surface area contributed by atoms with Crippen LogP contribution in [0, 0.1) is 0 Å². The normalized spacial score (nSPS) is 12.2. The molecule has 0 amide bonds. The molecule has 0 radical (unpaired) electrons. The zero-order valence-electron chi connectivity index (χ0n) is 16.1. The fraction of sp³-hybridized carbons (Fsp3) is 0.190. The van der Waals surface area contributed by atoms with Gasteiger partial charge in [0.05, 0.1) is 16.1 Å². The summed E-state index contributed by atoms with van der Waals surface area (Å²) in [7, 11) is 0.511. The Kier molecular flexibility index (Phi) is 4.53. The molecule has 0 atom stereocenters. The van der Waals surface area contributed by atoms with Crippen molar-refractivity contribution in [2.24, 2.45) is 0 Å². The van der Waals surface area contributed by atoms with Crippen molar-refractivity contribution in [2.75, 3.05) is 25.3 Å². The molecule has 0 N–H and O–H groups in total. The van der Waals surface area contributed by atoms with Crippen LogP contribution in [0.3, 0.4) is 0 Å². The molecular weight excluding hydrogens is 396 g/mol. The van der Waals surface area contributed by atoms with Crippen LogP contribution in [0.4, 0.5) is 14.5 Å². The van der Waals surface area contributed by atoms with Gasteiger partial charge in [0, 0.05) is 36.8 Å². The van der Waals surface area contributed by atoms with Gasteiger partial charge < -0.3 is 4.90 Å². The second kappa shape index (κ2) is 6.81. The van der Waals surface area contributed by atoms with E-state index in [-0.39, 0.29) is 10.6 Å². The van der Waals surface area contributed by atoms with Crippen LogP contribution in [0.5, 0.6) is 0 Å². The number of benzene rings is 3. The number of sulfone groups is 1. The predicted molar refractivity (Wildman–Crippen MR) is 111 cm³/mol. The van der Waals surface area contributed by atoms with Crippen LogP contribution in [0.15, 0.2) is 59.5 Å². The molecule has 0 bridgehead atoms. The molecule has 4 aromatic rings. The Morgan fingerprint density at radius 2 is 1.62 bits per heavy atom. The number of aromatic nitrogens is 2. The Balaban J connectivity index is 2.02. The summed E-state index contributed by atoms with van der Waals surface area (Å²) in [5.41, 5.74) is 1.77. The summed E-state index contributed by atoms with van der Waals surface area (Å²) in [4.78, 5) is 2.13. The first kappa shape index (κ1) is 19.3. The van der Waals surface area contributed by atoms with Crippen LogP contribution in [0.2, 0.25) is 0 Å². The first-order valence-corrected chi connectivity index (χ1v) is 10.8. The standard InChI is InChI=1S/C21H19F2N3O2S/c1-25(2)15-7-11-17-13(12-15)4-10-18-19(21(22)23)24-26(20(17)18)14-5-8-16(9-6-14)29(3,27)28/h4-12,21H,1-3H3. The van der Waals surface area contributed by atoms with Crippen molar-refractivity contribution in [3.63, 3.8) is 0 Å². The lowest BCUT2D eigenvalue weighted by atomic mass is 10.0. The first-order valence-electron chi connectivity index (χ1n) is 8.88. The highest BCUT2D eigenvalue weighted by atomic mass is 32.2. The zero-order valence-corrected chi connectivity index (χ0v) is 16.9. The van der Waals surface area contributed by atoms with Crippen molar-refractivity contribution < 1.29 is 17.2 Å². The number of alkyl halides is 2. The highest BCUT2D eigenvalue weighted by Gasteiger charge is 2.21. The molecule has 0 saturated carbocycles. The summed E-state index contributed by atoms with van der Waals surface area (Å²) in [6.07, 6.45) is -1.61. The quantitative estimate of drug-likeness (QED) is 0.489. The number of hydrogen-bond acceptors (Lipinski definition) is 4. The van der Waals surface area contributed by atoms with E-state index in [2.05, 4.69) is 5.10 Å². The number of hydrogen-bond donors (Lipinski definition) is 0.